The lowest BCUT2D eigenvalue weighted by Crippen LogP contribution is -2.44. The first-order valence-corrected chi connectivity index (χ1v) is 2.28. The molecule has 5 N–H and O–H groups in total. The summed E-state index contributed by atoms with van der Waals surface area (Å²) < 4.78 is 0. The number of amides is 1. The van der Waals surface area contributed by atoms with Gasteiger partial charge in [-0.15, -0.1) is 12.4 Å². The van der Waals surface area contributed by atoms with Crippen LogP contribution in [0.2, 0.25) is 0 Å². The summed E-state index contributed by atoms with van der Waals surface area (Å²) in [5.74, 6) is -0.681. The molecule has 4 nitrogen and oxygen atoms in total. The summed E-state index contributed by atoms with van der Waals surface area (Å²) >= 11 is 0. The van der Waals surface area contributed by atoms with Crippen molar-refractivity contribution in [2.75, 3.05) is 0 Å². The number of aliphatic hydroxyl groups excluding tert-OH is 1. The predicted octanol–water partition coefficient (Wildman–Crippen LogP) is -1.40. The third kappa shape index (κ3) is 4.20. The summed E-state index contributed by atoms with van der Waals surface area (Å²) in [6, 6.07) is -0.935. The lowest BCUT2D eigenvalue weighted by Gasteiger charge is -2.08. The topological polar surface area (TPSA) is 89.3 Å². The fourth-order valence-electron chi connectivity index (χ4n) is 0.238. The number of hydrogen-bond acceptors (Lipinski definition) is 3. The molecule has 0 unspecified atom stereocenters. The summed E-state index contributed by atoms with van der Waals surface area (Å²) in [6.07, 6.45) is -0.854. The fraction of sp³-hybridized carbons (Fsp3) is 0.750. The molecule has 0 aliphatic heterocycles. The van der Waals surface area contributed by atoms with Crippen LogP contribution in [0.25, 0.3) is 0 Å². The highest BCUT2D eigenvalue weighted by molar-refractivity contribution is 5.85. The maximum atomic E-state index is 10.1. The molecule has 56 valence electrons. The van der Waals surface area contributed by atoms with Crippen LogP contribution in [-0.4, -0.2) is 23.2 Å². The molecule has 0 spiro atoms. The number of carbonyl (C=O) groups excluding carboxylic acids is 1. The van der Waals surface area contributed by atoms with Crippen LogP contribution in [0.1, 0.15) is 6.92 Å². The summed E-state index contributed by atoms with van der Waals surface area (Å²) in [6.45, 7) is 1.41. The Morgan fingerprint density at radius 2 is 2.00 bits per heavy atom. The van der Waals surface area contributed by atoms with Crippen LogP contribution in [0.15, 0.2) is 0 Å². The van der Waals surface area contributed by atoms with Crippen LogP contribution in [0, 0.1) is 0 Å². The van der Waals surface area contributed by atoms with Gasteiger partial charge >= 0.3 is 0 Å². The molecule has 0 fully saturated rings. The van der Waals surface area contributed by atoms with E-state index in [2.05, 4.69) is 0 Å². The summed E-state index contributed by atoms with van der Waals surface area (Å²) in [5.41, 5.74) is 9.75. The predicted molar refractivity (Wildman–Crippen MR) is 36.1 cm³/mol. The van der Waals surface area contributed by atoms with E-state index in [0.717, 1.165) is 0 Å². The van der Waals surface area contributed by atoms with E-state index in [-0.39, 0.29) is 12.4 Å². The Morgan fingerprint density at radius 1 is 1.67 bits per heavy atom. The van der Waals surface area contributed by atoms with Gasteiger partial charge in [-0.3, -0.25) is 4.79 Å². The van der Waals surface area contributed by atoms with E-state index >= 15 is 0 Å². The maximum absolute atomic E-state index is 10.1. The van der Waals surface area contributed by atoms with Crippen LogP contribution < -0.4 is 11.5 Å². The molecule has 0 radical (unpaired) electrons. The standard InChI is InChI=1S/C4H10N2O2.ClH/c1-2(7)3(5)4(6)8;/h2-3,7H,5H2,1H3,(H2,6,8);1H/t2-,3-;/m0./s1. The van der Waals surface area contributed by atoms with Crippen molar-refractivity contribution in [2.24, 2.45) is 11.5 Å². The minimum absolute atomic E-state index is 0. The second kappa shape index (κ2) is 4.55. The Bertz CT molecular complexity index is 96.6. The van der Waals surface area contributed by atoms with Gasteiger partial charge in [-0.25, -0.2) is 0 Å². The van der Waals surface area contributed by atoms with Gasteiger partial charge in [0.25, 0.3) is 0 Å². The van der Waals surface area contributed by atoms with Crippen LogP contribution in [0.3, 0.4) is 0 Å². The van der Waals surface area contributed by atoms with Gasteiger partial charge < -0.3 is 16.6 Å². The third-order valence-electron chi connectivity index (χ3n) is 0.848. The molecular weight excluding hydrogens is 144 g/mol. The molecule has 2 atom stereocenters. The lowest BCUT2D eigenvalue weighted by atomic mass is 10.2. The van der Waals surface area contributed by atoms with Crippen molar-refractivity contribution in [2.45, 2.75) is 19.1 Å². The zero-order valence-electron chi connectivity index (χ0n) is 5.07. The van der Waals surface area contributed by atoms with E-state index in [1.807, 2.05) is 0 Å². The van der Waals surface area contributed by atoms with Crippen LogP contribution in [-0.2, 0) is 4.79 Å². The first-order valence-electron chi connectivity index (χ1n) is 2.28. The van der Waals surface area contributed by atoms with Crippen LogP contribution >= 0.6 is 12.4 Å². The van der Waals surface area contributed by atoms with E-state index in [0.29, 0.717) is 0 Å². The Kier molecular flexibility index (Phi) is 5.80. The monoisotopic (exact) mass is 154 g/mol. The molecular formula is C4H11ClN2O2. The normalized spacial score (nSPS) is 15.4. The highest BCUT2D eigenvalue weighted by Gasteiger charge is 2.13. The van der Waals surface area contributed by atoms with Crippen molar-refractivity contribution in [3.8, 4) is 0 Å². The molecule has 0 aromatic rings. The molecule has 5 heteroatoms. The Labute approximate surface area is 59.6 Å². The highest BCUT2D eigenvalue weighted by atomic mass is 35.5. The van der Waals surface area contributed by atoms with E-state index in [1.165, 1.54) is 6.92 Å². The second-order valence-electron chi connectivity index (χ2n) is 1.67. The fourth-order valence-corrected chi connectivity index (χ4v) is 0.238. The molecule has 0 bridgehead atoms. The van der Waals surface area contributed by atoms with Crippen molar-refractivity contribution in [3.05, 3.63) is 0 Å². The number of primary amides is 1. The summed E-state index contributed by atoms with van der Waals surface area (Å²) in [5, 5.41) is 8.57. The molecule has 0 saturated heterocycles. The minimum Gasteiger partial charge on any atom is -0.391 e. The van der Waals surface area contributed by atoms with E-state index in [4.69, 9.17) is 16.6 Å². The molecule has 0 aromatic carbocycles. The Morgan fingerprint density at radius 3 is 2.00 bits per heavy atom. The van der Waals surface area contributed by atoms with Crippen molar-refractivity contribution < 1.29 is 9.90 Å². The largest absolute Gasteiger partial charge is 0.391 e. The molecule has 0 rings (SSSR count). The van der Waals surface area contributed by atoms with Gasteiger partial charge in [0.1, 0.15) is 6.04 Å². The van der Waals surface area contributed by atoms with E-state index in [9.17, 15) is 4.79 Å². The van der Waals surface area contributed by atoms with Crippen molar-refractivity contribution in [3.63, 3.8) is 0 Å². The first kappa shape index (κ1) is 11.5. The smallest absolute Gasteiger partial charge is 0.237 e. The molecule has 0 aliphatic rings. The first-order chi connectivity index (χ1) is 3.55. The average Bonchev–Trinajstić information content (AvgIpc) is 1.64. The van der Waals surface area contributed by atoms with Crippen molar-refractivity contribution in [1.82, 2.24) is 0 Å². The lowest BCUT2D eigenvalue weighted by molar-refractivity contribution is -0.121. The molecule has 1 amide bonds. The van der Waals surface area contributed by atoms with Gasteiger partial charge in [0, 0.05) is 0 Å². The number of halogens is 1. The minimum atomic E-state index is -0.935. The van der Waals surface area contributed by atoms with E-state index in [1.54, 1.807) is 0 Å². The zero-order chi connectivity index (χ0) is 6.73. The number of rotatable bonds is 2. The second-order valence-corrected chi connectivity index (χ2v) is 1.67. The third-order valence-corrected chi connectivity index (χ3v) is 0.848. The molecule has 0 heterocycles. The van der Waals surface area contributed by atoms with Crippen molar-refractivity contribution in [1.29, 1.82) is 0 Å². The molecule has 9 heavy (non-hydrogen) atoms. The van der Waals surface area contributed by atoms with Gasteiger partial charge in [-0.05, 0) is 6.92 Å². The SMILES string of the molecule is C[C@H](O)[C@H](N)C(N)=O.Cl. The summed E-state index contributed by atoms with van der Waals surface area (Å²) in [4.78, 5) is 10.1. The average molecular weight is 155 g/mol. The van der Waals surface area contributed by atoms with Gasteiger partial charge in [0.2, 0.25) is 5.91 Å². The summed E-state index contributed by atoms with van der Waals surface area (Å²) in [7, 11) is 0. The maximum Gasteiger partial charge on any atom is 0.237 e. The number of hydrogen-bond donors (Lipinski definition) is 3. The van der Waals surface area contributed by atoms with E-state index < -0.39 is 18.1 Å². The van der Waals surface area contributed by atoms with Crippen LogP contribution in [0.4, 0.5) is 0 Å². The van der Waals surface area contributed by atoms with Crippen molar-refractivity contribution >= 4 is 18.3 Å². The quantitative estimate of drug-likeness (QED) is 0.457. The number of carbonyl (C=O) groups is 1. The highest BCUT2D eigenvalue weighted by Crippen LogP contribution is 1.84. The molecule has 0 saturated carbocycles. The number of nitrogens with two attached hydrogens (primary N) is 2. The van der Waals surface area contributed by atoms with Gasteiger partial charge in [-0.2, -0.15) is 0 Å². The Hall–Kier alpha value is -0.320. The van der Waals surface area contributed by atoms with Gasteiger partial charge in [0.15, 0.2) is 0 Å². The molecule has 0 aliphatic carbocycles. The van der Waals surface area contributed by atoms with Crippen LogP contribution in [0.5, 0.6) is 0 Å². The van der Waals surface area contributed by atoms with Gasteiger partial charge in [-0.1, -0.05) is 0 Å². The zero-order valence-corrected chi connectivity index (χ0v) is 5.89. The van der Waals surface area contributed by atoms with Gasteiger partial charge in [0.05, 0.1) is 6.10 Å². The Balaban J connectivity index is 0. The number of aliphatic hydroxyl groups is 1. The molecule has 0 aromatic heterocycles.